The van der Waals surface area contributed by atoms with Crippen molar-refractivity contribution in [2.75, 3.05) is 52.5 Å². The largest absolute Gasteiger partial charge is 0.378 e. The highest BCUT2D eigenvalue weighted by Crippen LogP contribution is 2.34. The summed E-state index contributed by atoms with van der Waals surface area (Å²) in [7, 11) is -8.17. The molecule has 1 aromatic carbocycles. The summed E-state index contributed by atoms with van der Waals surface area (Å²) < 4.78 is 87.5. The van der Waals surface area contributed by atoms with Crippen molar-refractivity contribution in [3.63, 3.8) is 0 Å². The molecular weight excluding hydrogens is 480 g/mol. The van der Waals surface area contributed by atoms with E-state index in [1.807, 2.05) is 0 Å². The zero-order chi connectivity index (χ0) is 24.4. The van der Waals surface area contributed by atoms with E-state index in [2.05, 4.69) is 0 Å². The highest BCUT2D eigenvalue weighted by molar-refractivity contribution is 7.89. The number of sulfonamides is 2. The molecule has 1 aromatic rings. The van der Waals surface area contributed by atoms with E-state index in [1.165, 1.54) is 9.21 Å². The summed E-state index contributed by atoms with van der Waals surface area (Å²) >= 11 is 0. The second kappa shape index (κ2) is 9.90. The number of nitrogens with zero attached hydrogens (tertiary/aromatic N) is 3. The van der Waals surface area contributed by atoms with E-state index in [1.54, 1.807) is 13.8 Å². The maximum atomic E-state index is 14.5. The van der Waals surface area contributed by atoms with E-state index in [4.69, 9.17) is 4.74 Å². The van der Waals surface area contributed by atoms with Crippen molar-refractivity contribution >= 4 is 26.0 Å². The first kappa shape index (κ1) is 25.9. The Morgan fingerprint density at radius 2 is 1.61 bits per heavy atom. The molecule has 3 rings (SSSR count). The van der Waals surface area contributed by atoms with Crippen LogP contribution in [-0.4, -0.2) is 94.7 Å². The number of hydrogen-bond acceptors (Lipinski definition) is 6. The van der Waals surface area contributed by atoms with Gasteiger partial charge in [-0.05, 0) is 24.3 Å². The lowest BCUT2D eigenvalue weighted by Gasteiger charge is -2.38. The van der Waals surface area contributed by atoms with Gasteiger partial charge in [0, 0.05) is 39.1 Å². The zero-order valence-electron chi connectivity index (χ0n) is 18.6. The van der Waals surface area contributed by atoms with Crippen molar-refractivity contribution in [1.29, 1.82) is 0 Å². The quantitative estimate of drug-likeness (QED) is 0.548. The van der Waals surface area contributed by atoms with Crippen LogP contribution in [0.15, 0.2) is 34.1 Å². The van der Waals surface area contributed by atoms with Gasteiger partial charge in [0.15, 0.2) is 0 Å². The zero-order valence-corrected chi connectivity index (χ0v) is 20.2. The third-order valence-electron chi connectivity index (χ3n) is 5.85. The van der Waals surface area contributed by atoms with E-state index in [0.29, 0.717) is 17.5 Å². The molecule has 0 saturated carbocycles. The number of rotatable bonds is 7. The Morgan fingerprint density at radius 1 is 1.06 bits per heavy atom. The molecule has 1 unspecified atom stereocenters. The van der Waals surface area contributed by atoms with Gasteiger partial charge in [-0.15, -0.1) is 0 Å². The predicted molar refractivity (Wildman–Crippen MR) is 116 cm³/mol. The third-order valence-corrected chi connectivity index (χ3v) is 9.74. The summed E-state index contributed by atoms with van der Waals surface area (Å²) in [6, 6.07) is 4.49. The van der Waals surface area contributed by atoms with E-state index >= 15 is 0 Å². The summed E-state index contributed by atoms with van der Waals surface area (Å²) in [4.78, 5) is 13.8. The molecule has 0 N–H and O–H groups in total. The van der Waals surface area contributed by atoms with Gasteiger partial charge in [0.1, 0.15) is 0 Å². The molecule has 0 bridgehead atoms. The van der Waals surface area contributed by atoms with E-state index < -0.39 is 50.8 Å². The maximum absolute atomic E-state index is 14.5. The average molecular weight is 510 g/mol. The number of ether oxygens (including phenoxy) is 1. The van der Waals surface area contributed by atoms with Crippen LogP contribution in [0.3, 0.4) is 0 Å². The number of amides is 1. The van der Waals surface area contributed by atoms with Crippen LogP contribution in [0.4, 0.5) is 8.78 Å². The molecule has 9 nitrogen and oxygen atoms in total. The molecule has 2 fully saturated rings. The molecule has 0 aromatic heterocycles. The van der Waals surface area contributed by atoms with Crippen LogP contribution in [0.5, 0.6) is 0 Å². The summed E-state index contributed by atoms with van der Waals surface area (Å²) in [5.41, 5.74) is 0. The lowest BCUT2D eigenvalue weighted by molar-refractivity contribution is -0.147. The van der Waals surface area contributed by atoms with Crippen molar-refractivity contribution in [3.05, 3.63) is 24.3 Å². The Morgan fingerprint density at radius 3 is 2.15 bits per heavy atom. The summed E-state index contributed by atoms with van der Waals surface area (Å²) in [6.07, 6.45) is -0.726. The number of morpholine rings is 1. The molecule has 0 aliphatic carbocycles. The molecular formula is C20H29F2N3O6S2. The first-order chi connectivity index (χ1) is 15.4. The molecule has 186 valence electrons. The first-order valence-electron chi connectivity index (χ1n) is 10.8. The molecule has 2 saturated heterocycles. The summed E-state index contributed by atoms with van der Waals surface area (Å²) in [6.45, 7) is 3.62. The van der Waals surface area contributed by atoms with E-state index in [9.17, 15) is 30.4 Å². The van der Waals surface area contributed by atoms with Gasteiger partial charge in [-0.25, -0.2) is 25.6 Å². The van der Waals surface area contributed by atoms with Crippen molar-refractivity contribution in [2.24, 2.45) is 5.92 Å². The SMILES string of the molecule is CCN(CC)S(=O)(=O)c1ccc(S(=O)(=O)N2CC(C(=O)N3CCOCC3)CC(F)(F)C2)cc1. The van der Waals surface area contributed by atoms with Crippen molar-refractivity contribution in [3.8, 4) is 0 Å². The second-order valence-corrected chi connectivity index (χ2v) is 11.9. The van der Waals surface area contributed by atoms with Crippen LogP contribution in [0.1, 0.15) is 20.3 Å². The van der Waals surface area contributed by atoms with Gasteiger partial charge < -0.3 is 9.64 Å². The molecule has 0 radical (unpaired) electrons. The van der Waals surface area contributed by atoms with Crippen molar-refractivity contribution < 1.29 is 35.1 Å². The van der Waals surface area contributed by atoms with Gasteiger partial charge in [0.05, 0.1) is 35.5 Å². The number of halogens is 2. The Bertz CT molecular complexity index is 1050. The van der Waals surface area contributed by atoms with E-state index in [-0.39, 0.29) is 42.5 Å². The van der Waals surface area contributed by atoms with E-state index in [0.717, 1.165) is 24.3 Å². The number of piperidine rings is 1. The smallest absolute Gasteiger partial charge is 0.262 e. The second-order valence-electron chi connectivity index (χ2n) is 8.05. The average Bonchev–Trinajstić information content (AvgIpc) is 2.78. The molecule has 2 heterocycles. The molecule has 33 heavy (non-hydrogen) atoms. The third kappa shape index (κ3) is 5.53. The minimum absolute atomic E-state index is 0.0884. The van der Waals surface area contributed by atoms with Crippen LogP contribution < -0.4 is 0 Å². The van der Waals surface area contributed by atoms with Crippen LogP contribution in [0, 0.1) is 5.92 Å². The van der Waals surface area contributed by atoms with Gasteiger partial charge in [0.2, 0.25) is 26.0 Å². The molecule has 2 aliphatic rings. The monoisotopic (exact) mass is 509 g/mol. The van der Waals surface area contributed by atoms with Gasteiger partial charge >= 0.3 is 0 Å². The number of benzene rings is 1. The van der Waals surface area contributed by atoms with Gasteiger partial charge in [-0.2, -0.15) is 8.61 Å². The molecule has 13 heteroatoms. The topological polar surface area (TPSA) is 104 Å². The maximum Gasteiger partial charge on any atom is 0.262 e. The lowest BCUT2D eigenvalue weighted by atomic mass is 9.95. The fourth-order valence-corrected chi connectivity index (χ4v) is 7.06. The standard InChI is InChI=1S/C20H29F2N3O6S2/c1-3-24(4-2)32(27,28)17-5-7-18(8-6-17)33(29,30)25-14-16(13-20(21,22)15-25)19(26)23-9-11-31-12-10-23/h5-8,16H,3-4,9-15H2,1-2H3. The van der Waals surface area contributed by atoms with Gasteiger partial charge in [-0.3, -0.25) is 4.79 Å². The number of hydrogen-bond donors (Lipinski definition) is 0. The number of carbonyl (C=O) groups is 1. The minimum atomic E-state index is -4.37. The Balaban J connectivity index is 1.84. The van der Waals surface area contributed by atoms with Crippen LogP contribution >= 0.6 is 0 Å². The Kier molecular flexibility index (Phi) is 7.79. The minimum Gasteiger partial charge on any atom is -0.378 e. The molecule has 2 aliphatic heterocycles. The van der Waals surface area contributed by atoms with Crippen LogP contribution in [0.25, 0.3) is 0 Å². The molecule has 1 amide bonds. The fraction of sp³-hybridized carbons (Fsp3) is 0.650. The number of carbonyl (C=O) groups excluding carboxylic acids is 1. The first-order valence-corrected chi connectivity index (χ1v) is 13.6. The lowest BCUT2D eigenvalue weighted by Crippen LogP contribution is -2.54. The normalized spacial score (nSPS) is 22.5. The molecule has 1 atom stereocenters. The predicted octanol–water partition coefficient (Wildman–Crippen LogP) is 1.22. The highest BCUT2D eigenvalue weighted by atomic mass is 32.2. The van der Waals surface area contributed by atoms with Crippen molar-refractivity contribution in [2.45, 2.75) is 36.0 Å². The number of alkyl halides is 2. The molecule has 0 spiro atoms. The summed E-state index contributed by atoms with van der Waals surface area (Å²) in [5.74, 6) is -5.06. The Hall–Kier alpha value is -1.67. The summed E-state index contributed by atoms with van der Waals surface area (Å²) in [5, 5.41) is 0. The van der Waals surface area contributed by atoms with Crippen molar-refractivity contribution in [1.82, 2.24) is 13.5 Å². The highest BCUT2D eigenvalue weighted by Gasteiger charge is 2.47. The Labute approximate surface area is 193 Å². The van der Waals surface area contributed by atoms with Crippen LogP contribution in [0.2, 0.25) is 0 Å². The van der Waals surface area contributed by atoms with Gasteiger partial charge in [-0.1, -0.05) is 13.8 Å². The van der Waals surface area contributed by atoms with Crippen LogP contribution in [-0.2, 0) is 29.6 Å². The van der Waals surface area contributed by atoms with Gasteiger partial charge in [0.25, 0.3) is 5.92 Å². The fourth-order valence-electron chi connectivity index (χ4n) is 4.09.